The van der Waals surface area contributed by atoms with Crippen molar-refractivity contribution in [1.82, 2.24) is 0 Å². The van der Waals surface area contributed by atoms with Crippen LogP contribution in [0.5, 0.6) is 0 Å². The molecule has 0 aromatic carbocycles. The van der Waals surface area contributed by atoms with Gasteiger partial charge in [-0.1, -0.05) is 6.42 Å². The molecule has 1 saturated carbocycles. The highest BCUT2D eigenvalue weighted by atomic mass is 16.6. The quantitative estimate of drug-likeness (QED) is 0.738. The van der Waals surface area contributed by atoms with Crippen molar-refractivity contribution in [3.05, 3.63) is 0 Å². The van der Waals surface area contributed by atoms with Crippen molar-refractivity contribution < 1.29 is 9.47 Å². The molecule has 0 radical (unpaired) electrons. The number of rotatable bonds is 1. The van der Waals surface area contributed by atoms with Crippen LogP contribution in [-0.4, -0.2) is 31.5 Å². The van der Waals surface area contributed by atoms with Crippen LogP contribution >= 0.6 is 0 Å². The maximum atomic E-state index is 6.22. The lowest BCUT2D eigenvalue weighted by atomic mass is 9.76. The fourth-order valence-electron chi connectivity index (χ4n) is 3.90. The zero-order valence-electron chi connectivity index (χ0n) is 9.99. The Kier molecular flexibility index (Phi) is 2.94. The minimum absolute atomic E-state index is 0.0607. The smallest absolute Gasteiger partial charge is 0.0939 e. The molecule has 0 aromatic heterocycles. The normalized spacial score (nSPS) is 48.9. The summed E-state index contributed by atoms with van der Waals surface area (Å²) in [6, 6.07) is 0.447. The van der Waals surface area contributed by atoms with Crippen molar-refractivity contribution in [3.63, 3.8) is 0 Å². The van der Waals surface area contributed by atoms with E-state index in [1.54, 1.807) is 0 Å². The molecule has 4 unspecified atom stereocenters. The van der Waals surface area contributed by atoms with Gasteiger partial charge in [0.15, 0.2) is 0 Å². The molecule has 1 aliphatic carbocycles. The molecule has 3 aliphatic rings. The van der Waals surface area contributed by atoms with Crippen LogP contribution in [0.4, 0.5) is 0 Å². The minimum Gasteiger partial charge on any atom is -0.378 e. The van der Waals surface area contributed by atoms with E-state index in [0.29, 0.717) is 6.04 Å². The van der Waals surface area contributed by atoms with Gasteiger partial charge < -0.3 is 15.2 Å². The molecule has 2 saturated heterocycles. The monoisotopic (exact) mass is 225 g/mol. The lowest BCUT2D eigenvalue weighted by Crippen LogP contribution is -2.44. The molecule has 3 nitrogen and oxygen atoms in total. The zero-order valence-corrected chi connectivity index (χ0v) is 9.99. The number of hydrogen-bond donors (Lipinski definition) is 1. The highest BCUT2D eigenvalue weighted by molar-refractivity contribution is 4.95. The molecule has 92 valence electrons. The van der Waals surface area contributed by atoms with E-state index in [9.17, 15) is 0 Å². The van der Waals surface area contributed by atoms with Crippen LogP contribution in [0.2, 0.25) is 0 Å². The van der Waals surface area contributed by atoms with Crippen molar-refractivity contribution in [2.24, 2.45) is 17.6 Å². The summed E-state index contributed by atoms with van der Waals surface area (Å²) in [6.45, 7) is 2.60. The Balaban J connectivity index is 1.67. The van der Waals surface area contributed by atoms with Gasteiger partial charge in [-0.25, -0.2) is 0 Å². The molecule has 0 aromatic rings. The van der Waals surface area contributed by atoms with E-state index in [2.05, 4.69) is 0 Å². The van der Waals surface area contributed by atoms with E-state index in [-0.39, 0.29) is 5.60 Å². The average Bonchev–Trinajstić information content (AvgIpc) is 2.88. The maximum Gasteiger partial charge on any atom is 0.0939 e. The van der Waals surface area contributed by atoms with Gasteiger partial charge in [0.2, 0.25) is 0 Å². The second-order valence-corrected chi connectivity index (χ2v) is 5.85. The fraction of sp³-hybridized carbons (Fsp3) is 1.00. The molecule has 3 fully saturated rings. The van der Waals surface area contributed by atoms with Gasteiger partial charge >= 0.3 is 0 Å². The molecule has 0 bridgehead atoms. The second kappa shape index (κ2) is 4.28. The number of hydrogen-bond acceptors (Lipinski definition) is 3. The lowest BCUT2D eigenvalue weighted by molar-refractivity contribution is -0.107. The molecule has 3 heteroatoms. The predicted octanol–water partition coefficient (Wildman–Crippen LogP) is 1.70. The van der Waals surface area contributed by atoms with Crippen molar-refractivity contribution in [1.29, 1.82) is 0 Å². The molecule has 4 atom stereocenters. The molecule has 2 aliphatic heterocycles. The Morgan fingerprint density at radius 2 is 2.06 bits per heavy atom. The molecule has 0 amide bonds. The van der Waals surface area contributed by atoms with Crippen LogP contribution < -0.4 is 5.73 Å². The van der Waals surface area contributed by atoms with Crippen LogP contribution in [0.15, 0.2) is 0 Å². The Morgan fingerprint density at radius 1 is 1.12 bits per heavy atom. The Labute approximate surface area is 97.7 Å². The van der Waals surface area contributed by atoms with Gasteiger partial charge in [-0.2, -0.15) is 0 Å². The van der Waals surface area contributed by atoms with Crippen molar-refractivity contribution >= 4 is 0 Å². The first-order chi connectivity index (χ1) is 7.79. The Hall–Kier alpha value is -0.120. The number of ether oxygens (including phenoxy) is 2. The molecule has 3 rings (SSSR count). The van der Waals surface area contributed by atoms with Gasteiger partial charge in [0.1, 0.15) is 0 Å². The zero-order chi connectivity index (χ0) is 11.0. The van der Waals surface area contributed by atoms with Gasteiger partial charge in [0.05, 0.1) is 12.2 Å². The van der Waals surface area contributed by atoms with E-state index < -0.39 is 0 Å². The summed E-state index contributed by atoms with van der Waals surface area (Å²) in [5.41, 5.74) is 6.29. The van der Waals surface area contributed by atoms with Gasteiger partial charge in [-0.15, -0.1) is 0 Å². The largest absolute Gasteiger partial charge is 0.378 e. The third-order valence-corrected chi connectivity index (χ3v) is 4.83. The first-order valence-electron chi connectivity index (χ1n) is 6.76. The Morgan fingerprint density at radius 3 is 2.75 bits per heavy atom. The molecule has 1 spiro atoms. The maximum absolute atomic E-state index is 6.22. The van der Waals surface area contributed by atoms with E-state index in [4.69, 9.17) is 15.2 Å². The summed E-state index contributed by atoms with van der Waals surface area (Å²) >= 11 is 0. The van der Waals surface area contributed by atoms with Crippen LogP contribution in [0.25, 0.3) is 0 Å². The lowest BCUT2D eigenvalue weighted by Gasteiger charge is -2.40. The highest BCUT2D eigenvalue weighted by Gasteiger charge is 2.44. The average molecular weight is 225 g/mol. The van der Waals surface area contributed by atoms with E-state index in [1.807, 2.05) is 0 Å². The third kappa shape index (κ3) is 1.89. The molecule has 16 heavy (non-hydrogen) atoms. The van der Waals surface area contributed by atoms with E-state index >= 15 is 0 Å². The summed E-state index contributed by atoms with van der Waals surface area (Å²) in [4.78, 5) is 0. The standard InChI is InChI=1S/C13H23NO2/c14-12-3-1-2-11(12)10-4-6-16-13(8-10)5-7-15-9-13/h10-12H,1-9,14H2. The highest BCUT2D eigenvalue weighted by Crippen LogP contribution is 2.43. The van der Waals surface area contributed by atoms with Gasteiger partial charge in [0.25, 0.3) is 0 Å². The van der Waals surface area contributed by atoms with Crippen molar-refractivity contribution in [3.8, 4) is 0 Å². The molecular formula is C13H23NO2. The third-order valence-electron chi connectivity index (χ3n) is 4.83. The first-order valence-corrected chi connectivity index (χ1v) is 6.76. The van der Waals surface area contributed by atoms with E-state index in [1.165, 1.54) is 32.1 Å². The van der Waals surface area contributed by atoms with Crippen LogP contribution in [0.1, 0.15) is 38.5 Å². The summed E-state index contributed by atoms with van der Waals surface area (Å²) < 4.78 is 11.5. The van der Waals surface area contributed by atoms with Gasteiger partial charge in [-0.05, 0) is 37.5 Å². The second-order valence-electron chi connectivity index (χ2n) is 5.85. The first kappa shape index (κ1) is 11.0. The van der Waals surface area contributed by atoms with Crippen molar-refractivity contribution in [2.45, 2.75) is 50.2 Å². The summed E-state index contributed by atoms with van der Waals surface area (Å²) in [6.07, 6.45) is 7.37. The summed E-state index contributed by atoms with van der Waals surface area (Å²) in [7, 11) is 0. The van der Waals surface area contributed by atoms with Crippen LogP contribution in [0, 0.1) is 11.8 Å². The topological polar surface area (TPSA) is 44.5 Å². The summed E-state index contributed by atoms with van der Waals surface area (Å²) in [5, 5.41) is 0. The SMILES string of the molecule is NC1CCCC1C1CCOC2(CCOC2)C1. The van der Waals surface area contributed by atoms with Crippen LogP contribution in [0.3, 0.4) is 0 Å². The fourth-order valence-corrected chi connectivity index (χ4v) is 3.90. The number of nitrogens with two attached hydrogens (primary N) is 1. The van der Waals surface area contributed by atoms with Gasteiger partial charge in [0, 0.05) is 25.7 Å². The molecular weight excluding hydrogens is 202 g/mol. The van der Waals surface area contributed by atoms with Crippen LogP contribution in [-0.2, 0) is 9.47 Å². The van der Waals surface area contributed by atoms with E-state index in [0.717, 1.165) is 38.1 Å². The van der Waals surface area contributed by atoms with Gasteiger partial charge in [-0.3, -0.25) is 0 Å². The van der Waals surface area contributed by atoms with Crippen molar-refractivity contribution in [2.75, 3.05) is 19.8 Å². The molecule has 2 N–H and O–H groups in total. The minimum atomic E-state index is 0.0607. The Bertz CT molecular complexity index is 250. The summed E-state index contributed by atoms with van der Waals surface area (Å²) in [5.74, 6) is 1.54. The predicted molar refractivity (Wildman–Crippen MR) is 62.2 cm³/mol. The molecule has 2 heterocycles.